The van der Waals surface area contributed by atoms with Gasteiger partial charge in [0.1, 0.15) is 0 Å². The second-order valence-corrected chi connectivity index (χ2v) is 5.95. The summed E-state index contributed by atoms with van der Waals surface area (Å²) in [5.74, 6) is -2.35. The Kier molecular flexibility index (Phi) is 6.99. The third-order valence-electron chi connectivity index (χ3n) is 3.44. The number of anilines is 1. The summed E-state index contributed by atoms with van der Waals surface area (Å²) >= 11 is 5.90. The number of rotatable bonds is 3. The number of halogens is 4. The molecule has 1 aliphatic heterocycles. The van der Waals surface area contributed by atoms with Crippen molar-refractivity contribution in [3.63, 3.8) is 0 Å². The first-order chi connectivity index (χ1) is 12.7. The summed E-state index contributed by atoms with van der Waals surface area (Å²) in [6.45, 7) is 2.18. The Balaban J connectivity index is 0.000000321. The van der Waals surface area contributed by atoms with Crippen molar-refractivity contribution in [2.45, 2.75) is 18.7 Å². The van der Waals surface area contributed by atoms with Crippen molar-refractivity contribution in [3.8, 4) is 0 Å². The van der Waals surface area contributed by atoms with Crippen LogP contribution in [0.5, 0.6) is 0 Å². The number of carbonyl (C=O) groups is 2. The van der Waals surface area contributed by atoms with Crippen molar-refractivity contribution in [3.05, 3.63) is 23.2 Å². The van der Waals surface area contributed by atoms with Crippen molar-refractivity contribution in [1.29, 1.82) is 0 Å². The predicted octanol–water partition coefficient (Wildman–Crippen LogP) is 2.17. The van der Waals surface area contributed by atoms with Gasteiger partial charge in [-0.3, -0.25) is 9.89 Å². The van der Waals surface area contributed by atoms with Gasteiger partial charge in [0.15, 0.2) is 5.82 Å². The maximum Gasteiger partial charge on any atom is 0.490 e. The number of carboxylic acid groups (broad SMARTS) is 1. The number of H-pyrrole nitrogens is 1. The first-order valence-corrected chi connectivity index (χ1v) is 8.10. The Hall–Kier alpha value is -2.37. The Bertz CT molecular complexity index is 806. The van der Waals surface area contributed by atoms with Crippen LogP contribution in [0.1, 0.15) is 6.42 Å². The first kappa shape index (κ1) is 20.9. The van der Waals surface area contributed by atoms with Gasteiger partial charge in [0.25, 0.3) is 0 Å². The third-order valence-corrected chi connectivity index (χ3v) is 3.68. The Morgan fingerprint density at radius 3 is 2.70 bits per heavy atom. The number of aliphatic carboxylic acids is 1. The second-order valence-electron chi connectivity index (χ2n) is 5.51. The van der Waals surface area contributed by atoms with Crippen LogP contribution in [0, 0.1) is 0 Å². The van der Waals surface area contributed by atoms with Gasteiger partial charge >= 0.3 is 12.1 Å². The number of alkyl halides is 3. The maximum absolute atomic E-state index is 12.0. The third kappa shape index (κ3) is 6.38. The highest BCUT2D eigenvalue weighted by molar-refractivity contribution is 6.31. The van der Waals surface area contributed by atoms with Crippen LogP contribution < -0.4 is 10.6 Å². The number of benzene rings is 1. The van der Waals surface area contributed by atoms with Crippen molar-refractivity contribution < 1.29 is 32.6 Å². The van der Waals surface area contributed by atoms with Crippen LogP contribution in [-0.4, -0.2) is 59.2 Å². The standard InChI is InChI=1S/C13H15ClN4O2.C2HF3O2/c14-8-1-2-10-11(5-8)17-18-13(10)16-12(19)6-9-7-15-3-4-20-9;3-2(4,5)1(6)7/h1-2,5,9,15H,3-4,6-7H2,(H2,16,17,18,19);(H,6,7)/t9-;/m1./s1. The van der Waals surface area contributed by atoms with E-state index in [2.05, 4.69) is 20.8 Å². The lowest BCUT2D eigenvalue weighted by molar-refractivity contribution is -0.192. The van der Waals surface area contributed by atoms with E-state index >= 15 is 0 Å². The van der Waals surface area contributed by atoms with E-state index in [4.69, 9.17) is 26.2 Å². The fraction of sp³-hybridized carbons (Fsp3) is 0.400. The average Bonchev–Trinajstić information content (AvgIpc) is 2.97. The fourth-order valence-electron chi connectivity index (χ4n) is 2.23. The highest BCUT2D eigenvalue weighted by Gasteiger charge is 2.38. The lowest BCUT2D eigenvalue weighted by Gasteiger charge is -2.22. The molecule has 1 saturated heterocycles. The molecule has 0 spiro atoms. The molecule has 1 atom stereocenters. The number of hydrogen-bond donors (Lipinski definition) is 4. The summed E-state index contributed by atoms with van der Waals surface area (Å²) in [5, 5.41) is 21.5. The Morgan fingerprint density at radius 1 is 1.41 bits per heavy atom. The number of nitrogens with one attached hydrogen (secondary N) is 3. The van der Waals surface area contributed by atoms with Gasteiger partial charge in [-0.05, 0) is 18.2 Å². The number of ether oxygens (including phenoxy) is 1. The minimum absolute atomic E-state index is 0.0802. The number of aromatic amines is 1. The molecule has 0 saturated carbocycles. The summed E-state index contributed by atoms with van der Waals surface area (Å²) in [7, 11) is 0. The van der Waals surface area contributed by atoms with Gasteiger partial charge in [-0.25, -0.2) is 4.79 Å². The molecule has 8 nitrogen and oxygen atoms in total. The van der Waals surface area contributed by atoms with Crippen LogP contribution in [0.4, 0.5) is 19.0 Å². The first-order valence-electron chi connectivity index (χ1n) is 7.72. The molecule has 148 valence electrons. The van der Waals surface area contributed by atoms with E-state index in [1.165, 1.54) is 0 Å². The summed E-state index contributed by atoms with van der Waals surface area (Å²) in [4.78, 5) is 20.9. The SMILES string of the molecule is O=C(C[C@@H]1CNCCO1)Nc1n[nH]c2cc(Cl)ccc12.O=C(O)C(F)(F)F. The van der Waals surface area contributed by atoms with Gasteiger partial charge in [0.2, 0.25) is 5.91 Å². The number of carbonyl (C=O) groups excluding carboxylic acids is 1. The molecule has 1 aromatic heterocycles. The highest BCUT2D eigenvalue weighted by atomic mass is 35.5. The summed E-state index contributed by atoms with van der Waals surface area (Å²) in [5.41, 5.74) is 0.795. The predicted molar refractivity (Wildman–Crippen MR) is 90.7 cm³/mol. The van der Waals surface area contributed by atoms with Crippen molar-refractivity contribution in [2.75, 3.05) is 25.0 Å². The van der Waals surface area contributed by atoms with Gasteiger partial charge in [0, 0.05) is 23.5 Å². The van der Waals surface area contributed by atoms with E-state index in [0.717, 1.165) is 17.4 Å². The monoisotopic (exact) mass is 408 g/mol. The number of aromatic nitrogens is 2. The van der Waals surface area contributed by atoms with E-state index in [0.29, 0.717) is 30.4 Å². The van der Waals surface area contributed by atoms with Gasteiger partial charge in [0.05, 0.1) is 24.6 Å². The van der Waals surface area contributed by atoms with E-state index in [-0.39, 0.29) is 12.0 Å². The molecule has 0 aliphatic carbocycles. The van der Waals surface area contributed by atoms with Crippen LogP contribution in [0.15, 0.2) is 18.2 Å². The molecule has 0 bridgehead atoms. The highest BCUT2D eigenvalue weighted by Crippen LogP contribution is 2.23. The minimum Gasteiger partial charge on any atom is -0.475 e. The number of fused-ring (bicyclic) bond motifs is 1. The molecule has 0 radical (unpaired) electrons. The van der Waals surface area contributed by atoms with E-state index in [9.17, 15) is 18.0 Å². The molecule has 2 heterocycles. The van der Waals surface area contributed by atoms with Crippen LogP contribution in [0.25, 0.3) is 10.9 Å². The van der Waals surface area contributed by atoms with Crippen molar-refractivity contribution >= 4 is 40.2 Å². The summed E-state index contributed by atoms with van der Waals surface area (Å²) in [6, 6.07) is 5.37. The zero-order valence-electron chi connectivity index (χ0n) is 13.8. The quantitative estimate of drug-likeness (QED) is 0.618. The van der Waals surface area contributed by atoms with E-state index in [1.807, 2.05) is 6.07 Å². The van der Waals surface area contributed by atoms with E-state index < -0.39 is 12.1 Å². The number of morpholine rings is 1. The number of carboxylic acids is 1. The van der Waals surface area contributed by atoms with E-state index in [1.54, 1.807) is 12.1 Å². The Morgan fingerprint density at radius 2 is 2.11 bits per heavy atom. The van der Waals surface area contributed by atoms with Gasteiger partial charge in [-0.2, -0.15) is 18.3 Å². The number of hydrogen-bond acceptors (Lipinski definition) is 5. The molecule has 4 N–H and O–H groups in total. The van der Waals surface area contributed by atoms with Crippen LogP contribution >= 0.6 is 11.6 Å². The normalized spacial score (nSPS) is 17.1. The molecule has 3 rings (SSSR count). The Labute approximate surface area is 156 Å². The molecular formula is C15H16ClF3N4O4. The molecule has 1 aromatic carbocycles. The lowest BCUT2D eigenvalue weighted by Crippen LogP contribution is -2.40. The topological polar surface area (TPSA) is 116 Å². The fourth-order valence-corrected chi connectivity index (χ4v) is 2.40. The summed E-state index contributed by atoms with van der Waals surface area (Å²) in [6.07, 6.45) is -4.85. The number of amides is 1. The molecule has 1 amide bonds. The zero-order valence-corrected chi connectivity index (χ0v) is 14.5. The molecular weight excluding hydrogens is 393 g/mol. The molecule has 0 unspecified atom stereocenters. The van der Waals surface area contributed by atoms with Crippen LogP contribution in [0.2, 0.25) is 5.02 Å². The van der Waals surface area contributed by atoms with Gasteiger partial charge in [-0.15, -0.1) is 0 Å². The molecule has 12 heteroatoms. The number of nitrogens with zero attached hydrogens (tertiary/aromatic N) is 1. The van der Waals surface area contributed by atoms with Gasteiger partial charge < -0.3 is 20.5 Å². The smallest absolute Gasteiger partial charge is 0.475 e. The minimum atomic E-state index is -5.08. The largest absolute Gasteiger partial charge is 0.490 e. The average molecular weight is 409 g/mol. The summed E-state index contributed by atoms with van der Waals surface area (Å²) < 4.78 is 37.2. The van der Waals surface area contributed by atoms with Crippen LogP contribution in [0.3, 0.4) is 0 Å². The molecule has 2 aromatic rings. The van der Waals surface area contributed by atoms with Crippen molar-refractivity contribution in [1.82, 2.24) is 15.5 Å². The maximum atomic E-state index is 12.0. The lowest BCUT2D eigenvalue weighted by atomic mass is 10.2. The zero-order chi connectivity index (χ0) is 20.0. The molecule has 1 fully saturated rings. The van der Waals surface area contributed by atoms with Gasteiger partial charge in [-0.1, -0.05) is 11.6 Å². The van der Waals surface area contributed by atoms with Crippen molar-refractivity contribution in [2.24, 2.45) is 0 Å². The van der Waals surface area contributed by atoms with Crippen LogP contribution in [-0.2, 0) is 14.3 Å². The molecule has 27 heavy (non-hydrogen) atoms. The second kappa shape index (κ2) is 9.02. The molecule has 1 aliphatic rings.